The number of hydrogen-bond donors (Lipinski definition) is 7. The van der Waals surface area contributed by atoms with E-state index in [4.69, 9.17) is 19.9 Å². The number of anilines is 1. The highest BCUT2D eigenvalue weighted by Gasteiger charge is 2.48. The molecule has 2 aromatic heterocycles. The van der Waals surface area contributed by atoms with Crippen molar-refractivity contribution in [3.8, 4) is 0 Å². The maximum Gasteiger partial charge on any atom is 0.481 e. The molecular weight excluding hydrogens is 612 g/mol. The minimum atomic E-state index is -5.36. The van der Waals surface area contributed by atoms with Crippen LogP contribution in [0.25, 0.3) is 11.2 Å². The van der Waals surface area contributed by atoms with Crippen molar-refractivity contribution in [1.82, 2.24) is 19.5 Å². The highest BCUT2D eigenvalue weighted by Crippen LogP contribution is 2.60. The Kier molecular flexibility index (Phi) is 10.3. The first-order valence-electron chi connectivity index (χ1n) is 12.5. The largest absolute Gasteiger partial charge is 0.481 e. The number of aliphatic hydroxyl groups excluding tert-OH is 4. The molecule has 2 fully saturated rings. The topological polar surface area (TPSA) is 298 Å². The van der Waals surface area contributed by atoms with Crippen LogP contribution in [0, 0.1) is 0 Å². The molecule has 0 aliphatic carbocycles. The number of nitrogens with zero attached hydrogens (tertiary/aromatic N) is 4. The number of carbonyl (C=O) groups is 1. The van der Waals surface area contributed by atoms with Crippen LogP contribution in [0.5, 0.6) is 0 Å². The lowest BCUT2D eigenvalue weighted by Crippen LogP contribution is -2.38. The summed E-state index contributed by atoms with van der Waals surface area (Å²) in [6.45, 7) is 0.0200. The van der Waals surface area contributed by atoms with E-state index in [9.17, 15) is 44.1 Å². The first kappa shape index (κ1) is 32.7. The molecule has 10 atom stereocenters. The molecule has 22 heteroatoms. The van der Waals surface area contributed by atoms with Crippen LogP contribution in [0.4, 0.5) is 5.82 Å². The van der Waals surface area contributed by atoms with Gasteiger partial charge in [0, 0.05) is 6.42 Å². The summed E-state index contributed by atoms with van der Waals surface area (Å²) in [5.74, 6) is -0.650. The van der Waals surface area contributed by atoms with Crippen LogP contribution in [0.2, 0.25) is 0 Å². The zero-order chi connectivity index (χ0) is 30.8. The van der Waals surface area contributed by atoms with Gasteiger partial charge >= 0.3 is 21.6 Å². The first-order chi connectivity index (χ1) is 19.7. The Balaban J connectivity index is 1.29. The van der Waals surface area contributed by atoms with E-state index in [1.807, 2.05) is 6.92 Å². The Morgan fingerprint density at radius 1 is 1.00 bits per heavy atom. The highest BCUT2D eigenvalue weighted by molar-refractivity contribution is 7.61. The Morgan fingerprint density at radius 3 is 2.29 bits per heavy atom. The zero-order valence-corrected chi connectivity index (χ0v) is 23.7. The molecule has 20 nitrogen and oxygen atoms in total. The molecule has 8 N–H and O–H groups in total. The average Bonchev–Trinajstić information content (AvgIpc) is 3.55. The lowest BCUT2D eigenvalue weighted by atomic mass is 10.1. The lowest BCUT2D eigenvalue weighted by Gasteiger charge is -2.21. The highest BCUT2D eigenvalue weighted by atomic mass is 31.3. The van der Waals surface area contributed by atoms with Gasteiger partial charge in [-0.05, 0) is 6.42 Å². The SMILES string of the molecule is CCCCC(=O)O[C@H]1C(O)O[C@H](COP(=O)(O)OP(=O)(O)OC[C@H]2O[C@@H](n3cnc4c(N)ncnc43)[C@H](O)[C@@H]2O)[C@H]1O. The van der Waals surface area contributed by atoms with Crippen molar-refractivity contribution in [3.05, 3.63) is 12.7 Å². The van der Waals surface area contributed by atoms with Gasteiger partial charge in [0.1, 0.15) is 42.4 Å². The quantitative estimate of drug-likeness (QED) is 0.0960. The molecule has 42 heavy (non-hydrogen) atoms. The number of carbonyl (C=O) groups excluding carboxylic acids is 1. The van der Waals surface area contributed by atoms with E-state index in [1.165, 1.54) is 10.9 Å². The molecule has 0 bridgehead atoms. The summed E-state index contributed by atoms with van der Waals surface area (Å²) in [5.41, 5.74) is 6.10. The number of rotatable bonds is 13. The van der Waals surface area contributed by atoms with Gasteiger partial charge in [0.05, 0.1) is 19.5 Å². The van der Waals surface area contributed by atoms with Crippen molar-refractivity contribution in [2.24, 2.45) is 0 Å². The van der Waals surface area contributed by atoms with Gasteiger partial charge in [-0.1, -0.05) is 13.3 Å². The zero-order valence-electron chi connectivity index (χ0n) is 21.9. The second-order valence-electron chi connectivity index (χ2n) is 9.35. The minimum absolute atomic E-state index is 0.0339. The summed E-state index contributed by atoms with van der Waals surface area (Å²) >= 11 is 0. The molecule has 4 heterocycles. The Labute approximate surface area is 237 Å². The van der Waals surface area contributed by atoms with Gasteiger partial charge in [-0.15, -0.1) is 0 Å². The third-order valence-corrected chi connectivity index (χ3v) is 8.93. The van der Waals surface area contributed by atoms with Gasteiger partial charge in [0.25, 0.3) is 0 Å². The number of phosphoric acid groups is 2. The maximum absolute atomic E-state index is 12.3. The second-order valence-corrected chi connectivity index (χ2v) is 12.4. The third-order valence-electron chi connectivity index (χ3n) is 6.32. The monoisotopic (exact) mass is 643 g/mol. The van der Waals surface area contributed by atoms with E-state index in [-0.39, 0.29) is 23.4 Å². The van der Waals surface area contributed by atoms with Crippen molar-refractivity contribution in [3.63, 3.8) is 0 Å². The van der Waals surface area contributed by atoms with Crippen LogP contribution < -0.4 is 5.73 Å². The summed E-state index contributed by atoms with van der Waals surface area (Å²) in [5, 5.41) is 41.0. The van der Waals surface area contributed by atoms with Gasteiger partial charge in [-0.2, -0.15) is 4.31 Å². The summed E-state index contributed by atoms with van der Waals surface area (Å²) in [4.78, 5) is 43.5. The Hall–Kier alpha value is -2.16. The summed E-state index contributed by atoms with van der Waals surface area (Å²) < 4.78 is 54.9. The number of imidazole rings is 1. The molecular formula is C20H31N5O15P2. The molecule has 236 valence electrons. The van der Waals surface area contributed by atoms with Gasteiger partial charge in [-0.3, -0.25) is 18.4 Å². The number of fused-ring (bicyclic) bond motifs is 1. The Morgan fingerprint density at radius 2 is 1.64 bits per heavy atom. The third kappa shape index (κ3) is 7.48. The summed E-state index contributed by atoms with van der Waals surface area (Å²) in [7, 11) is -10.7. The number of nitrogens with two attached hydrogens (primary N) is 1. The molecule has 2 aliphatic heterocycles. The van der Waals surface area contributed by atoms with Crippen LogP contribution in [-0.2, 0) is 41.5 Å². The van der Waals surface area contributed by atoms with Crippen molar-refractivity contribution >= 4 is 38.6 Å². The number of phosphoric ester groups is 2. The number of unbranched alkanes of at least 4 members (excludes halogenated alkanes) is 1. The first-order valence-corrected chi connectivity index (χ1v) is 15.5. The molecule has 0 radical (unpaired) electrons. The normalized spacial score (nSPS) is 32.5. The van der Waals surface area contributed by atoms with E-state index in [2.05, 4.69) is 28.3 Å². The van der Waals surface area contributed by atoms with Crippen LogP contribution in [0.1, 0.15) is 32.4 Å². The number of ether oxygens (including phenoxy) is 3. The van der Waals surface area contributed by atoms with E-state index in [0.717, 1.165) is 6.33 Å². The van der Waals surface area contributed by atoms with Gasteiger partial charge in [0.2, 0.25) is 0 Å². The van der Waals surface area contributed by atoms with Crippen LogP contribution in [-0.4, -0.2) is 112 Å². The van der Waals surface area contributed by atoms with E-state index < -0.39 is 84.0 Å². The fourth-order valence-electron chi connectivity index (χ4n) is 4.18. The number of nitrogen functional groups attached to an aromatic ring is 1. The van der Waals surface area contributed by atoms with Crippen LogP contribution in [0.3, 0.4) is 0 Å². The lowest BCUT2D eigenvalue weighted by molar-refractivity contribution is -0.173. The smallest absolute Gasteiger partial charge is 0.454 e. The minimum Gasteiger partial charge on any atom is -0.454 e. The van der Waals surface area contributed by atoms with E-state index >= 15 is 0 Å². The van der Waals surface area contributed by atoms with Gasteiger partial charge < -0.3 is 50.2 Å². The molecule has 0 aromatic carbocycles. The average molecular weight is 643 g/mol. The van der Waals surface area contributed by atoms with Crippen molar-refractivity contribution in [1.29, 1.82) is 0 Å². The van der Waals surface area contributed by atoms with Crippen LogP contribution >= 0.6 is 15.6 Å². The molecule has 2 aromatic rings. The van der Waals surface area contributed by atoms with Gasteiger partial charge in [0.15, 0.2) is 30.1 Å². The predicted molar refractivity (Wildman–Crippen MR) is 135 cm³/mol. The number of aliphatic hydroxyl groups is 4. The van der Waals surface area contributed by atoms with Crippen molar-refractivity contribution < 1.29 is 71.7 Å². The van der Waals surface area contributed by atoms with Crippen molar-refractivity contribution in [2.75, 3.05) is 18.9 Å². The molecule has 0 amide bonds. The van der Waals surface area contributed by atoms with Crippen LogP contribution in [0.15, 0.2) is 12.7 Å². The fraction of sp³-hybridized carbons (Fsp3) is 0.700. The standard InChI is InChI=1S/C20H31N5O15P2/c1-2-3-4-11(26)39-16-14(28)10(38-20(16)30)6-36-42(33,34)40-41(31,32)35-5-9-13(27)15(29)19(37-9)25-8-24-12-17(21)22-7-23-18(12)25/h7-10,13-16,19-20,27-30H,2-6H2,1H3,(H,31,32)(H,33,34)(H2,21,22,23)/t9-,10-,13-,14-,15-,16-,19-,20?/m1/s1. The summed E-state index contributed by atoms with van der Waals surface area (Å²) in [6, 6.07) is 0. The Bertz CT molecular complexity index is 1350. The molecule has 0 spiro atoms. The molecule has 2 saturated heterocycles. The van der Waals surface area contributed by atoms with Gasteiger partial charge in [-0.25, -0.2) is 24.1 Å². The van der Waals surface area contributed by atoms with E-state index in [0.29, 0.717) is 12.8 Å². The molecule has 4 rings (SSSR count). The van der Waals surface area contributed by atoms with E-state index in [1.54, 1.807) is 0 Å². The molecule has 3 unspecified atom stereocenters. The summed E-state index contributed by atoms with van der Waals surface area (Å²) in [6.07, 6.45) is -8.74. The fourth-order valence-corrected chi connectivity index (χ4v) is 6.27. The number of esters is 1. The predicted octanol–water partition coefficient (Wildman–Crippen LogP) is -1.54. The molecule has 2 aliphatic rings. The maximum atomic E-state index is 12.3. The number of aromatic nitrogens is 4. The molecule has 0 saturated carbocycles. The second kappa shape index (κ2) is 13.2. The van der Waals surface area contributed by atoms with Crippen molar-refractivity contribution in [2.45, 2.75) is 75.3 Å². The number of hydrogen-bond acceptors (Lipinski definition) is 17.